The molecule has 5 heteroatoms. The first kappa shape index (κ1) is 16.7. The van der Waals surface area contributed by atoms with Gasteiger partial charge in [-0.15, -0.1) is 11.3 Å². The highest BCUT2D eigenvalue weighted by molar-refractivity contribution is 7.10. The summed E-state index contributed by atoms with van der Waals surface area (Å²) in [5.74, 6) is 1.07. The Bertz CT molecular complexity index is 667. The summed E-state index contributed by atoms with van der Waals surface area (Å²) in [6, 6.07) is 2.19. The molecule has 2 heterocycles. The molecule has 2 aromatic rings. The Morgan fingerprint density at radius 2 is 2.05 bits per heavy atom. The summed E-state index contributed by atoms with van der Waals surface area (Å²) in [7, 11) is 0. The van der Waals surface area contributed by atoms with Gasteiger partial charge in [-0.2, -0.15) is 5.10 Å². The Kier molecular flexibility index (Phi) is 5.06. The van der Waals surface area contributed by atoms with E-state index in [9.17, 15) is 4.79 Å². The molecule has 0 unspecified atom stereocenters. The summed E-state index contributed by atoms with van der Waals surface area (Å²) in [6.45, 7) is 12.5. The molecule has 0 atom stereocenters. The third-order valence-electron chi connectivity index (χ3n) is 3.78. The van der Waals surface area contributed by atoms with Gasteiger partial charge in [0.1, 0.15) is 5.82 Å². The lowest BCUT2D eigenvalue weighted by Gasteiger charge is -2.12. The highest BCUT2D eigenvalue weighted by Crippen LogP contribution is 2.25. The van der Waals surface area contributed by atoms with Crippen LogP contribution in [0.4, 0.5) is 5.82 Å². The first-order valence-corrected chi connectivity index (χ1v) is 8.70. The predicted octanol–water partition coefficient (Wildman–Crippen LogP) is 4.77. The van der Waals surface area contributed by atoms with E-state index in [1.165, 1.54) is 4.88 Å². The highest BCUT2D eigenvalue weighted by Gasteiger charge is 2.18. The molecule has 0 fully saturated rings. The minimum absolute atomic E-state index is 0.0432. The van der Waals surface area contributed by atoms with Gasteiger partial charge < -0.3 is 5.32 Å². The molecule has 0 saturated heterocycles. The smallest absolute Gasteiger partial charge is 0.257 e. The number of aryl methyl sites for hydroxylation is 1. The summed E-state index contributed by atoms with van der Waals surface area (Å²) < 4.78 is 1.89. The van der Waals surface area contributed by atoms with E-state index in [1.54, 1.807) is 11.3 Å². The van der Waals surface area contributed by atoms with E-state index in [4.69, 9.17) is 0 Å². The van der Waals surface area contributed by atoms with Crippen molar-refractivity contribution in [1.82, 2.24) is 9.78 Å². The average Bonchev–Trinajstić information content (AvgIpc) is 3.02. The maximum atomic E-state index is 12.6. The van der Waals surface area contributed by atoms with Gasteiger partial charge in [-0.25, -0.2) is 4.68 Å². The number of carbonyl (C=O) groups excluding carboxylic acids is 1. The molecule has 0 aliphatic heterocycles. The number of rotatable bonds is 5. The van der Waals surface area contributed by atoms with E-state index in [0.29, 0.717) is 5.92 Å². The SMILES string of the molecule is CCc1c(C(=O)Nc2cc(C(C)C)nn2C(C)C)csc1C. The fourth-order valence-corrected chi connectivity index (χ4v) is 3.42. The molecule has 0 aromatic carbocycles. The van der Waals surface area contributed by atoms with E-state index in [2.05, 4.69) is 52.0 Å². The van der Waals surface area contributed by atoms with Crippen LogP contribution in [0.15, 0.2) is 11.4 Å². The van der Waals surface area contributed by atoms with Crippen molar-refractivity contribution in [2.75, 3.05) is 5.32 Å². The lowest BCUT2D eigenvalue weighted by atomic mass is 10.1. The van der Waals surface area contributed by atoms with Gasteiger partial charge in [0.25, 0.3) is 5.91 Å². The van der Waals surface area contributed by atoms with Crippen LogP contribution >= 0.6 is 11.3 Å². The zero-order chi connectivity index (χ0) is 16.4. The monoisotopic (exact) mass is 319 g/mol. The molecular weight excluding hydrogens is 294 g/mol. The van der Waals surface area contributed by atoms with Crippen LogP contribution in [-0.4, -0.2) is 15.7 Å². The Morgan fingerprint density at radius 1 is 1.36 bits per heavy atom. The predicted molar refractivity (Wildman–Crippen MR) is 93.1 cm³/mol. The lowest BCUT2D eigenvalue weighted by Crippen LogP contribution is -2.17. The van der Waals surface area contributed by atoms with Crippen LogP contribution in [-0.2, 0) is 6.42 Å². The van der Waals surface area contributed by atoms with Gasteiger partial charge in [0.15, 0.2) is 0 Å². The van der Waals surface area contributed by atoms with Crippen LogP contribution in [0.5, 0.6) is 0 Å². The molecule has 4 nitrogen and oxygen atoms in total. The molecule has 0 aliphatic carbocycles. The number of aromatic nitrogens is 2. The fourth-order valence-electron chi connectivity index (χ4n) is 2.48. The number of nitrogens with zero attached hydrogens (tertiary/aromatic N) is 2. The first-order valence-electron chi connectivity index (χ1n) is 7.82. The van der Waals surface area contributed by atoms with Crippen molar-refractivity contribution >= 4 is 23.1 Å². The number of amides is 1. The summed E-state index contributed by atoms with van der Waals surface area (Å²) >= 11 is 1.63. The van der Waals surface area contributed by atoms with Crippen LogP contribution in [0.1, 0.15) is 73.1 Å². The van der Waals surface area contributed by atoms with Crippen LogP contribution < -0.4 is 5.32 Å². The van der Waals surface area contributed by atoms with Gasteiger partial charge in [-0.1, -0.05) is 20.8 Å². The Labute approximate surface area is 136 Å². The van der Waals surface area contributed by atoms with Gasteiger partial charge in [0.05, 0.1) is 11.3 Å². The Hall–Kier alpha value is -1.62. The average molecular weight is 319 g/mol. The van der Waals surface area contributed by atoms with E-state index in [0.717, 1.165) is 29.1 Å². The molecule has 22 heavy (non-hydrogen) atoms. The topological polar surface area (TPSA) is 46.9 Å². The van der Waals surface area contributed by atoms with Gasteiger partial charge in [-0.05, 0) is 38.7 Å². The molecule has 1 N–H and O–H groups in total. The summed E-state index contributed by atoms with van der Waals surface area (Å²) in [6.07, 6.45) is 0.874. The molecule has 120 valence electrons. The quantitative estimate of drug-likeness (QED) is 0.862. The molecule has 0 bridgehead atoms. The van der Waals surface area contributed by atoms with Crippen molar-refractivity contribution in [3.05, 3.63) is 33.1 Å². The summed E-state index contributed by atoms with van der Waals surface area (Å²) in [5, 5.41) is 9.60. The number of carbonyl (C=O) groups is 1. The number of nitrogens with one attached hydrogen (secondary N) is 1. The van der Waals surface area contributed by atoms with Crippen LogP contribution in [0.2, 0.25) is 0 Å². The molecule has 0 saturated carbocycles. The first-order chi connectivity index (χ1) is 10.3. The van der Waals surface area contributed by atoms with E-state index >= 15 is 0 Å². The number of hydrogen-bond donors (Lipinski definition) is 1. The van der Waals surface area contributed by atoms with E-state index in [-0.39, 0.29) is 11.9 Å². The molecular formula is C17H25N3OS. The second-order valence-electron chi connectivity index (χ2n) is 6.14. The van der Waals surface area contributed by atoms with Gasteiger partial charge >= 0.3 is 0 Å². The second-order valence-corrected chi connectivity index (χ2v) is 7.22. The second kappa shape index (κ2) is 6.65. The minimum Gasteiger partial charge on any atom is -0.307 e. The number of thiophene rings is 1. The van der Waals surface area contributed by atoms with E-state index in [1.807, 2.05) is 16.1 Å². The van der Waals surface area contributed by atoms with Gasteiger partial charge in [0.2, 0.25) is 0 Å². The Balaban J connectivity index is 2.31. The largest absolute Gasteiger partial charge is 0.307 e. The molecule has 0 radical (unpaired) electrons. The molecule has 2 aromatic heterocycles. The van der Waals surface area contributed by atoms with Crippen LogP contribution in [0.3, 0.4) is 0 Å². The van der Waals surface area contributed by atoms with Crippen molar-refractivity contribution in [3.63, 3.8) is 0 Å². The molecule has 2 rings (SSSR count). The minimum atomic E-state index is -0.0432. The maximum absolute atomic E-state index is 12.6. The summed E-state index contributed by atoms with van der Waals surface area (Å²) in [4.78, 5) is 13.8. The third-order valence-corrected chi connectivity index (χ3v) is 4.73. The molecule has 0 spiro atoms. The Morgan fingerprint density at radius 3 is 2.59 bits per heavy atom. The van der Waals surface area contributed by atoms with E-state index < -0.39 is 0 Å². The van der Waals surface area contributed by atoms with Crippen molar-refractivity contribution in [2.45, 2.75) is 59.9 Å². The zero-order valence-electron chi connectivity index (χ0n) is 14.2. The third kappa shape index (κ3) is 3.24. The van der Waals surface area contributed by atoms with Crippen molar-refractivity contribution in [1.29, 1.82) is 0 Å². The van der Waals surface area contributed by atoms with Crippen molar-refractivity contribution < 1.29 is 4.79 Å². The fraction of sp³-hybridized carbons (Fsp3) is 0.529. The lowest BCUT2D eigenvalue weighted by molar-refractivity contribution is 0.102. The number of hydrogen-bond acceptors (Lipinski definition) is 3. The standard InChI is InChI=1S/C17H25N3OS/c1-7-13-12(6)22-9-14(13)17(21)18-16-8-15(10(2)3)19-20(16)11(4)5/h8-11H,7H2,1-6H3,(H,18,21). The normalized spacial score (nSPS) is 11.5. The summed E-state index contributed by atoms with van der Waals surface area (Å²) in [5.41, 5.74) is 2.93. The maximum Gasteiger partial charge on any atom is 0.257 e. The number of anilines is 1. The zero-order valence-corrected chi connectivity index (χ0v) is 15.0. The van der Waals surface area contributed by atoms with Gasteiger partial charge in [-0.3, -0.25) is 4.79 Å². The molecule has 1 amide bonds. The molecule has 0 aliphatic rings. The van der Waals surface area contributed by atoms with Crippen molar-refractivity contribution in [2.24, 2.45) is 0 Å². The highest BCUT2D eigenvalue weighted by atomic mass is 32.1. The van der Waals surface area contributed by atoms with Crippen LogP contribution in [0, 0.1) is 6.92 Å². The van der Waals surface area contributed by atoms with Crippen LogP contribution in [0.25, 0.3) is 0 Å². The van der Waals surface area contributed by atoms with Gasteiger partial charge in [0, 0.05) is 22.4 Å². The van der Waals surface area contributed by atoms with Crippen molar-refractivity contribution in [3.8, 4) is 0 Å².